The van der Waals surface area contributed by atoms with Gasteiger partial charge >= 0.3 is 0 Å². The summed E-state index contributed by atoms with van der Waals surface area (Å²) >= 11 is 9.19. The highest BCUT2D eigenvalue weighted by atomic mass is 79.9. The van der Waals surface area contributed by atoms with Crippen molar-refractivity contribution in [3.63, 3.8) is 0 Å². The number of sulfonamides is 1. The minimum absolute atomic E-state index is 0.0295. The van der Waals surface area contributed by atoms with Crippen molar-refractivity contribution in [3.8, 4) is 0 Å². The van der Waals surface area contributed by atoms with Crippen molar-refractivity contribution in [1.82, 2.24) is 0 Å². The Morgan fingerprint density at radius 3 is 2.38 bits per heavy atom. The summed E-state index contributed by atoms with van der Waals surface area (Å²) in [5.74, 6) is 0. The van der Waals surface area contributed by atoms with Gasteiger partial charge in [0.25, 0.3) is 10.0 Å². The molecule has 0 aliphatic rings. The molecule has 0 bridgehead atoms. The number of hydrogen-bond acceptors (Lipinski definition) is 3. The molecule has 2 aromatic rings. The molecule has 2 rings (SSSR count). The Bertz CT molecular complexity index is 732. The van der Waals surface area contributed by atoms with Crippen LogP contribution in [0.5, 0.6) is 0 Å². The smallest absolute Gasteiger partial charge is 0.261 e. The lowest BCUT2D eigenvalue weighted by Crippen LogP contribution is -2.13. The zero-order chi connectivity index (χ0) is 15.5. The average molecular weight is 391 g/mol. The van der Waals surface area contributed by atoms with Crippen molar-refractivity contribution in [2.24, 2.45) is 0 Å². The predicted molar refractivity (Wildman–Crippen MR) is 87.2 cm³/mol. The first kappa shape index (κ1) is 16.3. The van der Waals surface area contributed by atoms with Gasteiger partial charge in [0.1, 0.15) is 0 Å². The third kappa shape index (κ3) is 4.20. The van der Waals surface area contributed by atoms with Crippen LogP contribution in [0.2, 0.25) is 5.02 Å². The second-order valence-electron chi connectivity index (χ2n) is 4.35. The van der Waals surface area contributed by atoms with Crippen molar-refractivity contribution in [2.75, 3.05) is 11.3 Å². The highest BCUT2D eigenvalue weighted by Gasteiger charge is 2.14. The summed E-state index contributed by atoms with van der Waals surface area (Å²) in [4.78, 5) is 0.156. The maximum Gasteiger partial charge on any atom is 0.261 e. The van der Waals surface area contributed by atoms with Crippen LogP contribution in [0.25, 0.3) is 0 Å². The van der Waals surface area contributed by atoms with E-state index in [0.29, 0.717) is 21.6 Å². The van der Waals surface area contributed by atoms with Gasteiger partial charge in [0.05, 0.1) is 15.6 Å². The molecule has 0 unspecified atom stereocenters. The van der Waals surface area contributed by atoms with Crippen molar-refractivity contribution < 1.29 is 13.5 Å². The molecule has 0 fully saturated rings. The zero-order valence-corrected chi connectivity index (χ0v) is 14.0. The topological polar surface area (TPSA) is 66.4 Å². The van der Waals surface area contributed by atoms with Crippen LogP contribution >= 0.6 is 27.5 Å². The quantitative estimate of drug-likeness (QED) is 0.822. The van der Waals surface area contributed by atoms with Crippen LogP contribution in [-0.4, -0.2) is 20.1 Å². The molecule has 0 aliphatic carbocycles. The lowest BCUT2D eigenvalue weighted by molar-refractivity contribution is 0.299. The Morgan fingerprint density at radius 1 is 1.14 bits per heavy atom. The predicted octanol–water partition coefficient (Wildman–Crippen LogP) is 3.44. The Balaban J connectivity index is 2.23. The van der Waals surface area contributed by atoms with E-state index in [1.54, 1.807) is 24.3 Å². The molecule has 21 heavy (non-hydrogen) atoms. The monoisotopic (exact) mass is 389 g/mol. The summed E-state index contributed by atoms with van der Waals surface area (Å²) in [5.41, 5.74) is 1.27. The van der Waals surface area contributed by atoms with Crippen molar-refractivity contribution in [1.29, 1.82) is 0 Å². The van der Waals surface area contributed by atoms with Gasteiger partial charge < -0.3 is 5.11 Å². The highest BCUT2D eigenvalue weighted by molar-refractivity contribution is 9.10. The molecule has 0 saturated heterocycles. The molecule has 4 nitrogen and oxygen atoms in total. The second-order valence-corrected chi connectivity index (χ2v) is 7.30. The fourth-order valence-electron chi connectivity index (χ4n) is 1.74. The average Bonchev–Trinajstić information content (AvgIpc) is 2.44. The number of hydrogen-bond donors (Lipinski definition) is 2. The Hall–Kier alpha value is -1.08. The SMILES string of the molecule is O=S(=O)(Nc1ccc(Br)c(Cl)c1)c1ccc(CCO)cc1. The number of halogens is 2. The van der Waals surface area contributed by atoms with Crippen LogP contribution in [0.3, 0.4) is 0 Å². The Morgan fingerprint density at radius 2 is 1.81 bits per heavy atom. The molecule has 2 aromatic carbocycles. The van der Waals surface area contributed by atoms with Gasteiger partial charge in [0.2, 0.25) is 0 Å². The third-order valence-electron chi connectivity index (χ3n) is 2.81. The largest absolute Gasteiger partial charge is 0.396 e. The van der Waals surface area contributed by atoms with Crippen molar-refractivity contribution in [3.05, 3.63) is 57.5 Å². The molecule has 0 heterocycles. The third-order valence-corrected chi connectivity index (χ3v) is 5.44. The van der Waals surface area contributed by atoms with Gasteiger partial charge in [-0.2, -0.15) is 0 Å². The first-order valence-electron chi connectivity index (χ1n) is 6.10. The van der Waals surface area contributed by atoms with E-state index < -0.39 is 10.0 Å². The number of rotatable bonds is 5. The van der Waals surface area contributed by atoms with E-state index in [9.17, 15) is 8.42 Å². The van der Waals surface area contributed by atoms with Gasteiger partial charge in [0.15, 0.2) is 0 Å². The van der Waals surface area contributed by atoms with Crippen LogP contribution in [0.1, 0.15) is 5.56 Å². The summed E-state index contributed by atoms with van der Waals surface area (Å²) in [6, 6.07) is 11.2. The van der Waals surface area contributed by atoms with E-state index in [1.165, 1.54) is 18.2 Å². The first-order valence-corrected chi connectivity index (χ1v) is 8.75. The van der Waals surface area contributed by atoms with Crippen LogP contribution in [0.4, 0.5) is 5.69 Å². The number of anilines is 1. The van der Waals surface area contributed by atoms with Gasteiger partial charge in [-0.1, -0.05) is 23.7 Å². The normalized spacial score (nSPS) is 11.4. The van der Waals surface area contributed by atoms with E-state index in [2.05, 4.69) is 20.7 Å². The zero-order valence-electron chi connectivity index (χ0n) is 10.9. The molecular weight excluding hydrogens is 378 g/mol. The first-order chi connectivity index (χ1) is 9.92. The van der Waals surface area contributed by atoms with Crippen LogP contribution < -0.4 is 4.72 Å². The molecule has 0 aromatic heterocycles. The molecule has 0 spiro atoms. The highest BCUT2D eigenvalue weighted by Crippen LogP contribution is 2.26. The Kier molecular flexibility index (Phi) is 5.27. The molecule has 0 aliphatic heterocycles. The van der Waals surface area contributed by atoms with Crippen molar-refractivity contribution >= 4 is 43.2 Å². The molecule has 0 radical (unpaired) electrons. The summed E-state index contributed by atoms with van der Waals surface area (Å²) < 4.78 is 27.7. The van der Waals surface area contributed by atoms with Gasteiger partial charge in [-0.25, -0.2) is 8.42 Å². The number of aliphatic hydroxyl groups is 1. The summed E-state index contributed by atoms with van der Waals surface area (Å²) in [6.45, 7) is 0.0295. The minimum atomic E-state index is -3.66. The van der Waals surface area contributed by atoms with Crippen LogP contribution in [0, 0.1) is 0 Å². The van der Waals surface area contributed by atoms with Crippen LogP contribution in [0.15, 0.2) is 51.8 Å². The van der Waals surface area contributed by atoms with Crippen molar-refractivity contribution in [2.45, 2.75) is 11.3 Å². The molecule has 0 saturated carbocycles. The molecule has 0 amide bonds. The molecular formula is C14H13BrClNO3S. The van der Waals surface area contributed by atoms with E-state index in [4.69, 9.17) is 16.7 Å². The van der Waals surface area contributed by atoms with Gasteiger partial charge in [0, 0.05) is 11.1 Å². The lowest BCUT2D eigenvalue weighted by Gasteiger charge is -2.09. The minimum Gasteiger partial charge on any atom is -0.396 e. The maximum atomic E-state index is 12.3. The van der Waals surface area contributed by atoms with Gasteiger partial charge in [-0.15, -0.1) is 0 Å². The van der Waals surface area contributed by atoms with E-state index in [-0.39, 0.29) is 11.5 Å². The number of aliphatic hydroxyl groups excluding tert-OH is 1. The van der Waals surface area contributed by atoms with Crippen LogP contribution in [-0.2, 0) is 16.4 Å². The molecule has 112 valence electrons. The molecule has 7 heteroatoms. The summed E-state index contributed by atoms with van der Waals surface area (Å²) in [5, 5.41) is 9.27. The molecule has 0 atom stereocenters. The van der Waals surface area contributed by atoms with Gasteiger partial charge in [-0.3, -0.25) is 4.72 Å². The van der Waals surface area contributed by atoms with E-state index in [0.717, 1.165) is 5.56 Å². The summed E-state index contributed by atoms with van der Waals surface area (Å²) in [7, 11) is -3.66. The summed E-state index contributed by atoms with van der Waals surface area (Å²) in [6.07, 6.45) is 0.496. The second kappa shape index (κ2) is 6.79. The number of benzene rings is 2. The van der Waals surface area contributed by atoms with Gasteiger partial charge in [-0.05, 0) is 58.2 Å². The van der Waals surface area contributed by atoms with E-state index in [1.807, 2.05) is 0 Å². The maximum absolute atomic E-state index is 12.3. The lowest BCUT2D eigenvalue weighted by atomic mass is 10.2. The fraction of sp³-hybridized carbons (Fsp3) is 0.143. The molecule has 2 N–H and O–H groups in total. The number of nitrogens with one attached hydrogen (secondary N) is 1. The Labute approximate surface area is 136 Å². The van der Waals surface area contributed by atoms with E-state index >= 15 is 0 Å². The fourth-order valence-corrected chi connectivity index (χ4v) is 3.21. The standard InChI is InChI=1S/C14H13BrClNO3S/c15-13-6-3-11(9-14(13)16)17-21(19,20)12-4-1-10(2-5-12)7-8-18/h1-6,9,17-18H,7-8H2.